The van der Waals surface area contributed by atoms with Gasteiger partial charge < -0.3 is 20.4 Å². The molecule has 0 saturated carbocycles. The zero-order valence-corrected chi connectivity index (χ0v) is 17.7. The maximum atomic E-state index is 11.2. The summed E-state index contributed by atoms with van der Waals surface area (Å²) in [4.78, 5) is 22.5. The van der Waals surface area contributed by atoms with Gasteiger partial charge in [0.2, 0.25) is 11.7 Å². The highest BCUT2D eigenvalue weighted by Gasteiger charge is 2.23. The molecule has 1 fully saturated rings. The first kappa shape index (κ1) is 21.2. The number of halogens is 1. The van der Waals surface area contributed by atoms with E-state index >= 15 is 0 Å². The molecule has 0 aliphatic carbocycles. The van der Waals surface area contributed by atoms with E-state index in [0.29, 0.717) is 30.4 Å². The number of amides is 1. The molecule has 27 heavy (non-hydrogen) atoms. The van der Waals surface area contributed by atoms with Crippen molar-refractivity contribution in [3.05, 3.63) is 24.2 Å². The number of aromatic nitrogens is 3. The molecule has 0 bridgehead atoms. The predicted molar refractivity (Wildman–Crippen MR) is 112 cm³/mol. The van der Waals surface area contributed by atoms with Crippen molar-refractivity contribution in [2.45, 2.75) is 32.7 Å². The molecular weight excluding hydrogens is 461 g/mol. The van der Waals surface area contributed by atoms with Crippen LogP contribution >= 0.6 is 24.0 Å². The van der Waals surface area contributed by atoms with E-state index in [1.54, 1.807) is 12.3 Å². The van der Waals surface area contributed by atoms with Crippen LogP contribution in [0.2, 0.25) is 0 Å². The molecule has 2 aromatic heterocycles. The number of furan rings is 1. The van der Waals surface area contributed by atoms with Crippen molar-refractivity contribution in [3.8, 4) is 11.6 Å². The number of nitrogens with zero attached hydrogens (tertiary/aromatic N) is 4. The number of rotatable bonds is 6. The van der Waals surface area contributed by atoms with E-state index in [1.165, 1.54) is 0 Å². The molecule has 3 rings (SSSR count). The van der Waals surface area contributed by atoms with Crippen LogP contribution in [0.1, 0.15) is 32.0 Å². The highest BCUT2D eigenvalue weighted by molar-refractivity contribution is 14.0. The van der Waals surface area contributed by atoms with Crippen molar-refractivity contribution in [2.75, 3.05) is 19.6 Å². The monoisotopic (exact) mass is 487 g/mol. The number of aromatic amines is 1. The fourth-order valence-electron chi connectivity index (χ4n) is 3.17. The number of hydrogen-bond acceptors (Lipinski definition) is 5. The number of nitrogens with two attached hydrogens (primary N) is 1. The van der Waals surface area contributed by atoms with Crippen molar-refractivity contribution < 1.29 is 9.21 Å². The molecule has 10 heteroatoms. The lowest BCUT2D eigenvalue weighted by Crippen LogP contribution is -2.47. The second-order valence-electron chi connectivity index (χ2n) is 6.38. The molecule has 1 aliphatic heterocycles. The summed E-state index contributed by atoms with van der Waals surface area (Å²) in [6.07, 6.45) is 4.05. The summed E-state index contributed by atoms with van der Waals surface area (Å²) in [7, 11) is 0. The standard InChI is InChI=1S/C17H25N7O2.HI/c1-2-19-17(24-7-3-5-12(11-24)9-14(18)25)20-10-15-21-16(23-22-15)13-6-4-8-26-13;/h4,6,8,12H,2-3,5,7,9-11H2,1H3,(H2,18,25)(H,19,20)(H,21,22,23);1H. The quantitative estimate of drug-likeness (QED) is 0.324. The predicted octanol–water partition coefficient (Wildman–Crippen LogP) is 1.74. The number of carbonyl (C=O) groups is 1. The number of carbonyl (C=O) groups excluding carboxylic acids is 1. The molecule has 1 saturated heterocycles. The number of primary amides is 1. The minimum Gasteiger partial charge on any atom is -0.461 e. The Kier molecular flexibility index (Phi) is 8.07. The molecule has 3 heterocycles. The molecule has 148 valence electrons. The molecule has 1 amide bonds. The van der Waals surface area contributed by atoms with Crippen LogP contribution in [-0.2, 0) is 11.3 Å². The number of nitrogens with one attached hydrogen (secondary N) is 2. The van der Waals surface area contributed by atoms with Gasteiger partial charge in [-0.3, -0.25) is 9.89 Å². The van der Waals surface area contributed by atoms with Crippen LogP contribution in [0.25, 0.3) is 11.6 Å². The number of hydrogen-bond donors (Lipinski definition) is 3. The van der Waals surface area contributed by atoms with E-state index in [4.69, 9.17) is 10.2 Å². The van der Waals surface area contributed by atoms with Crippen molar-refractivity contribution in [1.82, 2.24) is 25.4 Å². The van der Waals surface area contributed by atoms with Gasteiger partial charge in [0.1, 0.15) is 12.4 Å². The van der Waals surface area contributed by atoms with E-state index < -0.39 is 0 Å². The Morgan fingerprint density at radius 3 is 3.11 bits per heavy atom. The summed E-state index contributed by atoms with van der Waals surface area (Å²) in [5, 5.41) is 10.4. The topological polar surface area (TPSA) is 125 Å². The van der Waals surface area contributed by atoms with Crippen LogP contribution in [0, 0.1) is 5.92 Å². The SMILES string of the molecule is CCNC(=NCc1nc(-c2ccco2)n[nH]1)N1CCCC(CC(N)=O)C1.I. The van der Waals surface area contributed by atoms with Crippen molar-refractivity contribution in [1.29, 1.82) is 0 Å². The van der Waals surface area contributed by atoms with Crippen LogP contribution in [0.15, 0.2) is 27.8 Å². The molecular formula is C17H26IN7O2. The molecule has 0 aromatic carbocycles. The van der Waals surface area contributed by atoms with E-state index in [2.05, 4.69) is 30.4 Å². The maximum Gasteiger partial charge on any atom is 0.217 e. The lowest BCUT2D eigenvalue weighted by atomic mass is 9.95. The van der Waals surface area contributed by atoms with Gasteiger partial charge in [0.25, 0.3) is 0 Å². The molecule has 1 aliphatic rings. The van der Waals surface area contributed by atoms with Crippen LogP contribution in [0.3, 0.4) is 0 Å². The molecule has 4 N–H and O–H groups in total. The van der Waals surface area contributed by atoms with Gasteiger partial charge in [0, 0.05) is 26.1 Å². The van der Waals surface area contributed by atoms with Crippen molar-refractivity contribution in [3.63, 3.8) is 0 Å². The summed E-state index contributed by atoms with van der Waals surface area (Å²) in [6, 6.07) is 3.61. The van der Waals surface area contributed by atoms with Crippen LogP contribution in [0.5, 0.6) is 0 Å². The number of piperidine rings is 1. The van der Waals surface area contributed by atoms with E-state index in [1.807, 2.05) is 13.0 Å². The first-order valence-corrected chi connectivity index (χ1v) is 8.92. The number of H-pyrrole nitrogens is 1. The number of aliphatic imine (C=N–C) groups is 1. The molecule has 0 radical (unpaired) electrons. The third kappa shape index (κ3) is 5.94. The van der Waals surface area contributed by atoms with Gasteiger partial charge in [-0.05, 0) is 37.8 Å². The van der Waals surface area contributed by atoms with Crippen LogP contribution in [-0.4, -0.2) is 51.6 Å². The lowest BCUT2D eigenvalue weighted by molar-refractivity contribution is -0.119. The summed E-state index contributed by atoms with van der Waals surface area (Å²) >= 11 is 0. The van der Waals surface area contributed by atoms with Gasteiger partial charge in [-0.15, -0.1) is 29.1 Å². The Balaban J connectivity index is 0.00000261. The Labute approximate surface area is 175 Å². The van der Waals surface area contributed by atoms with Gasteiger partial charge in [-0.2, -0.15) is 0 Å². The average molecular weight is 487 g/mol. The van der Waals surface area contributed by atoms with E-state index in [0.717, 1.165) is 38.4 Å². The summed E-state index contributed by atoms with van der Waals surface area (Å²) < 4.78 is 5.30. The van der Waals surface area contributed by atoms with Gasteiger partial charge in [-0.1, -0.05) is 0 Å². The molecule has 1 atom stereocenters. The number of guanidine groups is 1. The fourth-order valence-corrected chi connectivity index (χ4v) is 3.17. The van der Waals surface area contributed by atoms with Crippen molar-refractivity contribution in [2.24, 2.45) is 16.6 Å². The van der Waals surface area contributed by atoms with Crippen LogP contribution in [0.4, 0.5) is 0 Å². The summed E-state index contributed by atoms with van der Waals surface area (Å²) in [5.41, 5.74) is 5.35. The molecule has 0 spiro atoms. The first-order valence-electron chi connectivity index (χ1n) is 8.92. The second kappa shape index (κ2) is 10.3. The lowest BCUT2D eigenvalue weighted by Gasteiger charge is -2.34. The smallest absolute Gasteiger partial charge is 0.217 e. The Morgan fingerprint density at radius 1 is 1.56 bits per heavy atom. The Bertz CT molecular complexity index is 744. The van der Waals surface area contributed by atoms with E-state index in [9.17, 15) is 4.79 Å². The average Bonchev–Trinajstić information content (AvgIpc) is 3.29. The minimum atomic E-state index is -0.245. The van der Waals surface area contributed by atoms with E-state index in [-0.39, 0.29) is 35.8 Å². The fraction of sp³-hybridized carbons (Fsp3) is 0.529. The largest absolute Gasteiger partial charge is 0.461 e. The zero-order valence-electron chi connectivity index (χ0n) is 15.4. The number of likely N-dealkylation sites (tertiary alicyclic amines) is 1. The van der Waals surface area contributed by atoms with Crippen molar-refractivity contribution >= 4 is 35.8 Å². The van der Waals surface area contributed by atoms with Gasteiger partial charge in [-0.25, -0.2) is 9.98 Å². The third-order valence-corrected chi connectivity index (χ3v) is 4.30. The summed E-state index contributed by atoms with van der Waals surface area (Å²) in [6.45, 7) is 4.87. The minimum absolute atomic E-state index is 0. The normalized spacial score (nSPS) is 17.4. The van der Waals surface area contributed by atoms with Gasteiger partial charge in [0.15, 0.2) is 11.7 Å². The first-order chi connectivity index (χ1) is 12.7. The second-order valence-corrected chi connectivity index (χ2v) is 6.38. The Morgan fingerprint density at radius 2 is 2.41 bits per heavy atom. The van der Waals surface area contributed by atoms with Gasteiger partial charge >= 0.3 is 0 Å². The van der Waals surface area contributed by atoms with Gasteiger partial charge in [0.05, 0.1) is 6.26 Å². The maximum absolute atomic E-state index is 11.2. The van der Waals surface area contributed by atoms with Crippen LogP contribution < -0.4 is 11.1 Å². The highest BCUT2D eigenvalue weighted by atomic mass is 127. The third-order valence-electron chi connectivity index (χ3n) is 4.30. The Hall–Kier alpha value is -2.11. The summed E-state index contributed by atoms with van der Waals surface area (Å²) in [5.74, 6) is 2.65. The molecule has 9 nitrogen and oxygen atoms in total. The molecule has 2 aromatic rings. The molecule has 1 unspecified atom stereocenters. The zero-order chi connectivity index (χ0) is 18.4. The highest BCUT2D eigenvalue weighted by Crippen LogP contribution is 2.19.